The lowest BCUT2D eigenvalue weighted by atomic mass is 10.0. The van der Waals surface area contributed by atoms with Crippen LogP contribution in [0.4, 0.5) is 0 Å². The molecule has 1 atom stereocenters. The van der Waals surface area contributed by atoms with Gasteiger partial charge in [-0.25, -0.2) is 0 Å². The highest BCUT2D eigenvalue weighted by Crippen LogP contribution is 2.22. The van der Waals surface area contributed by atoms with Crippen molar-refractivity contribution in [2.45, 2.75) is 12.5 Å². The van der Waals surface area contributed by atoms with Gasteiger partial charge < -0.3 is 5.11 Å². The Morgan fingerprint density at radius 2 is 1.81 bits per heavy atom. The third-order valence-corrected chi connectivity index (χ3v) is 2.83. The van der Waals surface area contributed by atoms with Crippen LogP contribution in [0.1, 0.15) is 17.2 Å². The Morgan fingerprint density at radius 1 is 1.12 bits per heavy atom. The maximum Gasteiger partial charge on any atom is 0.0832 e. The van der Waals surface area contributed by atoms with Crippen molar-refractivity contribution in [3.05, 3.63) is 64.9 Å². The fourth-order valence-corrected chi connectivity index (χ4v) is 1.79. The third kappa shape index (κ3) is 2.60. The first kappa shape index (κ1) is 11.1. The fraction of sp³-hybridized carbons (Fsp3) is 0.154. The summed E-state index contributed by atoms with van der Waals surface area (Å²) in [6, 6.07) is 11.2. The highest BCUT2D eigenvalue weighted by molar-refractivity contribution is 6.31. The number of pyridine rings is 1. The maximum absolute atomic E-state index is 10.0. The standard InChI is InChI=1S/C13H12ClNO/c14-12-4-2-1-3-11(12)9-13(16)10-5-7-15-8-6-10/h1-8,13,16H,9H2. The molecule has 0 aliphatic carbocycles. The Morgan fingerprint density at radius 3 is 2.50 bits per heavy atom. The second-order valence-electron chi connectivity index (χ2n) is 3.59. The average Bonchev–Trinajstić information content (AvgIpc) is 2.33. The molecule has 2 nitrogen and oxygen atoms in total. The van der Waals surface area contributed by atoms with Crippen LogP contribution in [0, 0.1) is 0 Å². The molecule has 0 amide bonds. The summed E-state index contributed by atoms with van der Waals surface area (Å²) >= 11 is 6.03. The summed E-state index contributed by atoms with van der Waals surface area (Å²) in [6.07, 6.45) is 3.32. The van der Waals surface area contributed by atoms with Crippen LogP contribution >= 0.6 is 11.6 Å². The molecular formula is C13H12ClNO. The van der Waals surface area contributed by atoms with Crippen molar-refractivity contribution < 1.29 is 5.11 Å². The quantitative estimate of drug-likeness (QED) is 0.884. The molecule has 0 bridgehead atoms. The highest BCUT2D eigenvalue weighted by Gasteiger charge is 2.09. The molecule has 0 fully saturated rings. The molecule has 0 aliphatic heterocycles. The van der Waals surface area contributed by atoms with Gasteiger partial charge in [-0.3, -0.25) is 4.98 Å². The maximum atomic E-state index is 10.0. The lowest BCUT2D eigenvalue weighted by Gasteiger charge is -2.11. The molecule has 82 valence electrons. The molecule has 0 radical (unpaired) electrons. The number of nitrogens with zero attached hydrogens (tertiary/aromatic N) is 1. The van der Waals surface area contributed by atoms with Crippen molar-refractivity contribution in [1.82, 2.24) is 4.98 Å². The van der Waals surface area contributed by atoms with E-state index in [2.05, 4.69) is 4.98 Å². The van der Waals surface area contributed by atoms with Gasteiger partial charge >= 0.3 is 0 Å². The van der Waals surface area contributed by atoms with E-state index in [1.165, 1.54) is 0 Å². The number of rotatable bonds is 3. The number of aliphatic hydroxyl groups is 1. The fourth-order valence-electron chi connectivity index (χ4n) is 1.58. The molecule has 1 aromatic heterocycles. The number of hydrogen-bond acceptors (Lipinski definition) is 2. The van der Waals surface area contributed by atoms with E-state index in [4.69, 9.17) is 11.6 Å². The Labute approximate surface area is 99.5 Å². The number of aliphatic hydroxyl groups excluding tert-OH is 1. The molecule has 2 aromatic rings. The second-order valence-corrected chi connectivity index (χ2v) is 4.00. The first-order valence-electron chi connectivity index (χ1n) is 5.09. The predicted octanol–water partition coefficient (Wildman–Crippen LogP) is 3.01. The van der Waals surface area contributed by atoms with Gasteiger partial charge in [-0.05, 0) is 29.3 Å². The van der Waals surface area contributed by atoms with Crippen molar-refractivity contribution in [3.8, 4) is 0 Å². The minimum atomic E-state index is -0.539. The molecular weight excluding hydrogens is 222 g/mol. The average molecular weight is 234 g/mol. The smallest absolute Gasteiger partial charge is 0.0832 e. The zero-order valence-electron chi connectivity index (χ0n) is 8.68. The Bertz CT molecular complexity index is 458. The predicted molar refractivity (Wildman–Crippen MR) is 64.4 cm³/mol. The van der Waals surface area contributed by atoms with Gasteiger partial charge in [-0.15, -0.1) is 0 Å². The summed E-state index contributed by atoms with van der Waals surface area (Å²) in [5.74, 6) is 0. The minimum Gasteiger partial charge on any atom is -0.388 e. The Hall–Kier alpha value is -1.38. The molecule has 0 aliphatic rings. The lowest BCUT2D eigenvalue weighted by molar-refractivity contribution is 0.178. The largest absolute Gasteiger partial charge is 0.388 e. The molecule has 3 heteroatoms. The van der Waals surface area contributed by atoms with E-state index in [1.807, 2.05) is 36.4 Å². The Balaban J connectivity index is 2.14. The first-order chi connectivity index (χ1) is 7.77. The molecule has 2 rings (SSSR count). The van der Waals surface area contributed by atoms with Crippen LogP contribution in [-0.4, -0.2) is 10.1 Å². The monoisotopic (exact) mass is 233 g/mol. The van der Waals surface area contributed by atoms with Crippen LogP contribution < -0.4 is 0 Å². The molecule has 0 saturated carbocycles. The van der Waals surface area contributed by atoms with E-state index in [9.17, 15) is 5.11 Å². The summed E-state index contributed by atoms with van der Waals surface area (Å²) < 4.78 is 0. The van der Waals surface area contributed by atoms with Crippen molar-refractivity contribution in [2.75, 3.05) is 0 Å². The topological polar surface area (TPSA) is 33.1 Å². The van der Waals surface area contributed by atoms with E-state index in [0.717, 1.165) is 11.1 Å². The normalized spacial score (nSPS) is 12.4. The lowest BCUT2D eigenvalue weighted by Crippen LogP contribution is -2.02. The van der Waals surface area contributed by atoms with Gasteiger partial charge in [0.05, 0.1) is 6.10 Å². The molecule has 1 heterocycles. The van der Waals surface area contributed by atoms with Gasteiger partial charge in [0, 0.05) is 23.8 Å². The van der Waals surface area contributed by atoms with Crippen LogP contribution in [0.15, 0.2) is 48.8 Å². The minimum absolute atomic E-state index is 0.518. The van der Waals surface area contributed by atoms with Crippen molar-refractivity contribution in [1.29, 1.82) is 0 Å². The zero-order valence-corrected chi connectivity index (χ0v) is 9.43. The summed E-state index contributed by atoms with van der Waals surface area (Å²) in [6.45, 7) is 0. The van der Waals surface area contributed by atoms with E-state index < -0.39 is 6.10 Å². The van der Waals surface area contributed by atoms with E-state index in [1.54, 1.807) is 12.4 Å². The highest BCUT2D eigenvalue weighted by atomic mass is 35.5. The molecule has 16 heavy (non-hydrogen) atoms. The Kier molecular flexibility index (Phi) is 3.54. The van der Waals surface area contributed by atoms with Gasteiger partial charge in [0.1, 0.15) is 0 Å². The summed E-state index contributed by atoms with van der Waals surface area (Å²) in [5.41, 5.74) is 1.81. The van der Waals surface area contributed by atoms with Gasteiger partial charge in [-0.1, -0.05) is 29.8 Å². The van der Waals surface area contributed by atoms with E-state index >= 15 is 0 Å². The molecule has 0 saturated heterocycles. The molecule has 0 spiro atoms. The van der Waals surface area contributed by atoms with E-state index in [-0.39, 0.29) is 0 Å². The molecule has 1 unspecified atom stereocenters. The summed E-state index contributed by atoms with van der Waals surface area (Å²) in [5, 5.41) is 10.7. The summed E-state index contributed by atoms with van der Waals surface area (Å²) in [7, 11) is 0. The van der Waals surface area contributed by atoms with Crippen molar-refractivity contribution in [3.63, 3.8) is 0 Å². The SMILES string of the molecule is OC(Cc1ccccc1Cl)c1ccncc1. The van der Waals surface area contributed by atoms with Gasteiger partial charge in [0.25, 0.3) is 0 Å². The first-order valence-corrected chi connectivity index (χ1v) is 5.46. The number of halogens is 1. The molecule has 1 N–H and O–H groups in total. The second kappa shape index (κ2) is 5.10. The molecule has 1 aromatic carbocycles. The van der Waals surface area contributed by atoms with E-state index in [0.29, 0.717) is 11.4 Å². The number of aromatic nitrogens is 1. The van der Waals surface area contributed by atoms with Crippen molar-refractivity contribution >= 4 is 11.6 Å². The van der Waals surface area contributed by atoms with Gasteiger partial charge in [0.2, 0.25) is 0 Å². The third-order valence-electron chi connectivity index (χ3n) is 2.46. The zero-order chi connectivity index (χ0) is 11.4. The summed E-state index contributed by atoms with van der Waals surface area (Å²) in [4.78, 5) is 3.92. The van der Waals surface area contributed by atoms with Crippen LogP contribution in [0.5, 0.6) is 0 Å². The van der Waals surface area contributed by atoms with Crippen LogP contribution in [0.3, 0.4) is 0 Å². The van der Waals surface area contributed by atoms with Crippen LogP contribution in [0.2, 0.25) is 5.02 Å². The number of hydrogen-bond donors (Lipinski definition) is 1. The van der Waals surface area contributed by atoms with Gasteiger partial charge in [-0.2, -0.15) is 0 Å². The van der Waals surface area contributed by atoms with Crippen LogP contribution in [0.25, 0.3) is 0 Å². The number of benzene rings is 1. The van der Waals surface area contributed by atoms with Crippen LogP contribution in [-0.2, 0) is 6.42 Å². The van der Waals surface area contributed by atoms with Gasteiger partial charge in [0.15, 0.2) is 0 Å². The van der Waals surface area contributed by atoms with Crippen molar-refractivity contribution in [2.24, 2.45) is 0 Å².